The molecule has 4 atom stereocenters. The van der Waals surface area contributed by atoms with Crippen LogP contribution >= 0.6 is 0 Å². The van der Waals surface area contributed by atoms with Gasteiger partial charge in [-0.15, -0.1) is 6.58 Å². The van der Waals surface area contributed by atoms with E-state index in [1.54, 1.807) is 13.2 Å². The first kappa shape index (κ1) is 21.8. The van der Waals surface area contributed by atoms with E-state index >= 15 is 0 Å². The lowest BCUT2D eigenvalue weighted by Gasteiger charge is -2.24. The largest absolute Gasteiger partial charge is 0.462 e. The zero-order valence-electron chi connectivity index (χ0n) is 14.7. The Morgan fingerprint density at radius 2 is 1.96 bits per heavy atom. The van der Waals surface area contributed by atoms with Crippen molar-refractivity contribution in [3.05, 3.63) is 12.7 Å². The number of aliphatic hydroxyl groups excluding tert-OH is 1. The average Bonchev–Trinajstić information content (AvgIpc) is 2.46. The third kappa shape index (κ3) is 11.0. The maximum Gasteiger partial charge on any atom is 0.308 e. The topological polar surface area (TPSA) is 72.8 Å². The molecule has 0 amide bonds. The van der Waals surface area contributed by atoms with E-state index in [1.165, 1.54) is 0 Å². The molecule has 0 aliphatic rings. The van der Waals surface area contributed by atoms with E-state index in [0.717, 1.165) is 25.5 Å². The Bertz CT molecular complexity index is 342. The first-order chi connectivity index (χ1) is 11.0. The predicted octanol–water partition coefficient (Wildman–Crippen LogP) is 3.05. The first-order valence-corrected chi connectivity index (χ1v) is 8.41. The summed E-state index contributed by atoms with van der Waals surface area (Å²) in [6, 6.07) is 0. The molecule has 0 aromatic carbocycles. The summed E-state index contributed by atoms with van der Waals surface area (Å²) in [6.45, 7) is 7.58. The molecule has 0 rings (SSSR count). The molecule has 23 heavy (non-hydrogen) atoms. The summed E-state index contributed by atoms with van der Waals surface area (Å²) in [5.74, 6) is -0.154. The van der Waals surface area contributed by atoms with Gasteiger partial charge < -0.3 is 19.4 Å². The summed E-state index contributed by atoms with van der Waals surface area (Å²) in [4.78, 5) is 22.5. The number of methoxy groups -OCH3 is 1. The number of ether oxygens (including phenoxy) is 2. The second-order valence-electron chi connectivity index (χ2n) is 6.12. The van der Waals surface area contributed by atoms with E-state index < -0.39 is 12.1 Å². The van der Waals surface area contributed by atoms with Crippen LogP contribution in [0.15, 0.2) is 12.7 Å². The van der Waals surface area contributed by atoms with E-state index in [1.807, 2.05) is 13.8 Å². The number of aldehydes is 1. The van der Waals surface area contributed by atoms with Crippen LogP contribution in [0.4, 0.5) is 0 Å². The lowest BCUT2D eigenvalue weighted by molar-refractivity contribution is -0.153. The molecular weight excluding hydrogens is 296 g/mol. The number of hydrogen-bond donors (Lipinski definition) is 1. The Kier molecular flexibility index (Phi) is 12.6. The molecular formula is C18H32O5. The molecule has 0 aromatic heterocycles. The van der Waals surface area contributed by atoms with E-state index in [-0.39, 0.29) is 24.5 Å². The second kappa shape index (κ2) is 13.3. The molecule has 0 radical (unpaired) electrons. The molecule has 0 unspecified atom stereocenters. The SMILES string of the molecule is C=CC[C@@H](O)CC(=O)O[C@@H](CCC)C[C@H](C[C@H](C)CC=O)OC. The smallest absolute Gasteiger partial charge is 0.308 e. The van der Waals surface area contributed by atoms with Crippen LogP contribution < -0.4 is 0 Å². The molecule has 0 aliphatic heterocycles. The van der Waals surface area contributed by atoms with Crippen molar-refractivity contribution in [2.24, 2.45) is 5.92 Å². The monoisotopic (exact) mass is 328 g/mol. The van der Waals surface area contributed by atoms with Gasteiger partial charge in [0.2, 0.25) is 0 Å². The van der Waals surface area contributed by atoms with Crippen molar-refractivity contribution in [2.45, 2.75) is 77.1 Å². The summed E-state index contributed by atoms with van der Waals surface area (Å²) in [5, 5.41) is 9.64. The van der Waals surface area contributed by atoms with Gasteiger partial charge in [-0.05, 0) is 25.2 Å². The fraction of sp³-hybridized carbons (Fsp3) is 0.778. The molecule has 5 nitrogen and oxygen atoms in total. The molecule has 0 saturated carbocycles. The molecule has 0 heterocycles. The van der Waals surface area contributed by atoms with Gasteiger partial charge in [0, 0.05) is 20.0 Å². The summed E-state index contributed by atoms with van der Waals surface area (Å²) >= 11 is 0. The molecule has 5 heteroatoms. The van der Waals surface area contributed by atoms with E-state index in [9.17, 15) is 14.7 Å². The second-order valence-corrected chi connectivity index (χ2v) is 6.12. The van der Waals surface area contributed by atoms with Crippen LogP contribution in [0.25, 0.3) is 0 Å². The minimum absolute atomic E-state index is 0.0224. The maximum atomic E-state index is 11.9. The van der Waals surface area contributed by atoms with Crippen molar-refractivity contribution in [3.8, 4) is 0 Å². The molecule has 0 saturated heterocycles. The summed E-state index contributed by atoms with van der Waals surface area (Å²) in [7, 11) is 1.64. The van der Waals surface area contributed by atoms with Crippen molar-refractivity contribution >= 4 is 12.3 Å². The number of hydrogen-bond acceptors (Lipinski definition) is 5. The summed E-state index contributed by atoms with van der Waals surface area (Å²) in [5.41, 5.74) is 0. The lowest BCUT2D eigenvalue weighted by Crippen LogP contribution is -2.27. The van der Waals surface area contributed by atoms with Crippen molar-refractivity contribution in [1.29, 1.82) is 0 Å². The van der Waals surface area contributed by atoms with Crippen LogP contribution in [0.1, 0.15) is 58.8 Å². The van der Waals surface area contributed by atoms with Gasteiger partial charge >= 0.3 is 5.97 Å². The van der Waals surface area contributed by atoms with Crippen molar-refractivity contribution in [2.75, 3.05) is 7.11 Å². The van der Waals surface area contributed by atoms with Crippen LogP contribution in [0.5, 0.6) is 0 Å². The Hall–Kier alpha value is -1.20. The van der Waals surface area contributed by atoms with Crippen LogP contribution in [-0.4, -0.2) is 42.8 Å². The summed E-state index contributed by atoms with van der Waals surface area (Å²) < 4.78 is 11.0. The number of carbonyl (C=O) groups is 2. The highest BCUT2D eigenvalue weighted by atomic mass is 16.5. The molecule has 0 aliphatic carbocycles. The van der Waals surface area contributed by atoms with Crippen LogP contribution in [-0.2, 0) is 19.1 Å². The highest BCUT2D eigenvalue weighted by molar-refractivity contribution is 5.70. The Balaban J connectivity index is 4.48. The normalized spacial score (nSPS) is 16.2. The molecule has 0 bridgehead atoms. The molecule has 1 N–H and O–H groups in total. The number of rotatable bonds is 14. The Morgan fingerprint density at radius 3 is 2.48 bits per heavy atom. The number of esters is 1. The Labute approximate surface area is 140 Å². The van der Waals surface area contributed by atoms with Gasteiger partial charge in [0.1, 0.15) is 12.4 Å². The third-order valence-electron chi connectivity index (χ3n) is 3.77. The van der Waals surface area contributed by atoms with Crippen LogP contribution in [0.3, 0.4) is 0 Å². The van der Waals surface area contributed by atoms with Crippen molar-refractivity contribution in [1.82, 2.24) is 0 Å². The van der Waals surface area contributed by atoms with Gasteiger partial charge in [0.25, 0.3) is 0 Å². The zero-order chi connectivity index (χ0) is 17.7. The lowest BCUT2D eigenvalue weighted by atomic mass is 9.96. The predicted molar refractivity (Wildman–Crippen MR) is 90.1 cm³/mol. The van der Waals surface area contributed by atoms with Crippen molar-refractivity contribution in [3.63, 3.8) is 0 Å². The van der Waals surface area contributed by atoms with Crippen LogP contribution in [0.2, 0.25) is 0 Å². The highest BCUT2D eigenvalue weighted by Crippen LogP contribution is 2.20. The molecule has 0 spiro atoms. The van der Waals surface area contributed by atoms with Gasteiger partial charge in [-0.25, -0.2) is 0 Å². The van der Waals surface area contributed by atoms with E-state index in [2.05, 4.69) is 6.58 Å². The quantitative estimate of drug-likeness (QED) is 0.301. The molecule has 0 fully saturated rings. The zero-order valence-corrected chi connectivity index (χ0v) is 14.7. The number of aliphatic hydroxyl groups is 1. The third-order valence-corrected chi connectivity index (χ3v) is 3.77. The van der Waals surface area contributed by atoms with Gasteiger partial charge in [-0.1, -0.05) is 26.3 Å². The standard InChI is InChI=1S/C18H32O5/c1-5-7-15(20)12-18(21)23-16(8-6-2)13-17(22-4)11-14(3)9-10-19/h5,10,14-17,20H,1,6-9,11-13H2,2-4H3/t14-,15-,16+,17+/m1/s1. The minimum Gasteiger partial charge on any atom is -0.462 e. The fourth-order valence-electron chi connectivity index (χ4n) is 2.54. The fourth-order valence-corrected chi connectivity index (χ4v) is 2.54. The van der Waals surface area contributed by atoms with Gasteiger partial charge in [0.15, 0.2) is 0 Å². The van der Waals surface area contributed by atoms with Gasteiger partial charge in [0.05, 0.1) is 18.6 Å². The first-order valence-electron chi connectivity index (χ1n) is 8.41. The molecule has 134 valence electrons. The summed E-state index contributed by atoms with van der Waals surface area (Å²) in [6.07, 6.45) is 5.35. The minimum atomic E-state index is -0.742. The van der Waals surface area contributed by atoms with E-state index in [0.29, 0.717) is 19.3 Å². The Morgan fingerprint density at radius 1 is 1.26 bits per heavy atom. The maximum absolute atomic E-state index is 11.9. The van der Waals surface area contributed by atoms with Gasteiger partial charge in [-0.3, -0.25) is 4.79 Å². The molecule has 0 aromatic rings. The van der Waals surface area contributed by atoms with E-state index in [4.69, 9.17) is 9.47 Å². The average molecular weight is 328 g/mol. The highest BCUT2D eigenvalue weighted by Gasteiger charge is 2.22. The van der Waals surface area contributed by atoms with Gasteiger partial charge in [-0.2, -0.15) is 0 Å². The van der Waals surface area contributed by atoms with Crippen molar-refractivity contribution < 1.29 is 24.2 Å². The van der Waals surface area contributed by atoms with Crippen LogP contribution in [0, 0.1) is 5.92 Å². The number of carbonyl (C=O) groups excluding carboxylic acids is 2.